The zero-order chi connectivity index (χ0) is 14.7. The summed E-state index contributed by atoms with van der Waals surface area (Å²) in [5.41, 5.74) is 6.89. The summed E-state index contributed by atoms with van der Waals surface area (Å²) >= 11 is 1.67. The highest BCUT2D eigenvalue weighted by atomic mass is 32.1. The van der Waals surface area contributed by atoms with Crippen LogP contribution in [0.2, 0.25) is 0 Å². The Morgan fingerprint density at radius 3 is 2.71 bits per heavy atom. The smallest absolute Gasteiger partial charge is 0.185 e. The number of rotatable bonds is 4. The van der Waals surface area contributed by atoms with E-state index in [-0.39, 0.29) is 11.9 Å². The Morgan fingerprint density at radius 1 is 1.29 bits per heavy atom. The molecular formula is C15H19FN4S. The molecule has 0 saturated carbocycles. The van der Waals surface area contributed by atoms with Crippen LogP contribution in [-0.2, 0) is 0 Å². The van der Waals surface area contributed by atoms with Gasteiger partial charge in [-0.05, 0) is 17.7 Å². The first-order chi connectivity index (χ1) is 10.3. The number of piperazine rings is 1. The molecule has 1 fully saturated rings. The van der Waals surface area contributed by atoms with E-state index >= 15 is 0 Å². The van der Waals surface area contributed by atoms with Gasteiger partial charge in [-0.15, -0.1) is 11.3 Å². The minimum absolute atomic E-state index is 0.0825. The van der Waals surface area contributed by atoms with Crippen molar-refractivity contribution < 1.29 is 4.39 Å². The van der Waals surface area contributed by atoms with Gasteiger partial charge in [-0.2, -0.15) is 0 Å². The third-order valence-corrected chi connectivity index (χ3v) is 4.73. The zero-order valence-corrected chi connectivity index (χ0v) is 12.6. The van der Waals surface area contributed by atoms with Gasteiger partial charge in [-0.25, -0.2) is 9.37 Å². The van der Waals surface area contributed by atoms with E-state index in [1.807, 2.05) is 17.6 Å². The van der Waals surface area contributed by atoms with Crippen LogP contribution in [0.4, 0.5) is 9.52 Å². The molecule has 2 N–H and O–H groups in total. The Morgan fingerprint density at radius 2 is 2.10 bits per heavy atom. The maximum absolute atomic E-state index is 13.4. The van der Waals surface area contributed by atoms with E-state index < -0.39 is 0 Å². The van der Waals surface area contributed by atoms with E-state index in [0.717, 1.165) is 36.9 Å². The first kappa shape index (κ1) is 14.4. The SMILES string of the molecule is NCC(c1cccc(F)c1)N1CCN(c2nccs2)CC1. The molecular weight excluding hydrogens is 287 g/mol. The number of nitrogens with zero attached hydrogens (tertiary/aromatic N) is 3. The molecule has 1 aliphatic rings. The molecule has 0 spiro atoms. The van der Waals surface area contributed by atoms with Crippen molar-refractivity contribution in [3.63, 3.8) is 0 Å². The summed E-state index contributed by atoms with van der Waals surface area (Å²) < 4.78 is 13.4. The summed E-state index contributed by atoms with van der Waals surface area (Å²) in [6.07, 6.45) is 1.84. The van der Waals surface area contributed by atoms with Crippen LogP contribution in [-0.4, -0.2) is 42.6 Å². The molecule has 1 aromatic heterocycles. The fourth-order valence-corrected chi connectivity index (χ4v) is 3.50. The van der Waals surface area contributed by atoms with Gasteiger partial charge in [0.2, 0.25) is 0 Å². The van der Waals surface area contributed by atoms with Crippen LogP contribution in [0, 0.1) is 5.82 Å². The van der Waals surface area contributed by atoms with Crippen molar-refractivity contribution in [2.45, 2.75) is 6.04 Å². The highest BCUT2D eigenvalue weighted by Crippen LogP contribution is 2.24. The van der Waals surface area contributed by atoms with Crippen LogP contribution in [0.25, 0.3) is 0 Å². The van der Waals surface area contributed by atoms with Gasteiger partial charge in [0.1, 0.15) is 5.82 Å². The minimum atomic E-state index is -0.202. The van der Waals surface area contributed by atoms with Crippen LogP contribution >= 0.6 is 11.3 Å². The van der Waals surface area contributed by atoms with Gasteiger partial charge in [-0.1, -0.05) is 12.1 Å². The fourth-order valence-electron chi connectivity index (χ4n) is 2.81. The molecule has 1 aliphatic heterocycles. The van der Waals surface area contributed by atoms with Crippen molar-refractivity contribution >= 4 is 16.5 Å². The second-order valence-corrected chi connectivity index (χ2v) is 6.02. The van der Waals surface area contributed by atoms with E-state index in [0.29, 0.717) is 6.54 Å². The van der Waals surface area contributed by atoms with Crippen LogP contribution < -0.4 is 10.6 Å². The first-order valence-electron chi connectivity index (χ1n) is 7.12. The lowest BCUT2D eigenvalue weighted by molar-refractivity contribution is 0.190. The van der Waals surface area contributed by atoms with Crippen molar-refractivity contribution in [1.29, 1.82) is 0 Å². The average Bonchev–Trinajstić information content (AvgIpc) is 3.03. The lowest BCUT2D eigenvalue weighted by atomic mass is 10.0. The molecule has 3 rings (SSSR count). The van der Waals surface area contributed by atoms with Crippen LogP contribution in [0.15, 0.2) is 35.8 Å². The predicted octanol–water partition coefficient (Wildman–Crippen LogP) is 2.10. The summed E-state index contributed by atoms with van der Waals surface area (Å²) in [6, 6.07) is 6.84. The maximum Gasteiger partial charge on any atom is 0.185 e. The molecule has 0 aliphatic carbocycles. The van der Waals surface area contributed by atoms with Gasteiger partial charge in [0, 0.05) is 50.3 Å². The van der Waals surface area contributed by atoms with E-state index in [2.05, 4.69) is 14.8 Å². The molecule has 1 saturated heterocycles. The van der Waals surface area contributed by atoms with Crippen molar-refractivity contribution in [2.24, 2.45) is 5.73 Å². The topological polar surface area (TPSA) is 45.4 Å². The number of hydrogen-bond donors (Lipinski definition) is 1. The lowest BCUT2D eigenvalue weighted by Crippen LogP contribution is -2.49. The van der Waals surface area contributed by atoms with Crippen LogP contribution in [0.1, 0.15) is 11.6 Å². The number of benzene rings is 1. The molecule has 0 radical (unpaired) electrons. The van der Waals surface area contributed by atoms with E-state index in [9.17, 15) is 4.39 Å². The number of halogens is 1. The number of hydrogen-bond acceptors (Lipinski definition) is 5. The molecule has 2 heterocycles. The molecule has 2 aromatic rings. The fraction of sp³-hybridized carbons (Fsp3) is 0.400. The summed E-state index contributed by atoms with van der Waals surface area (Å²) in [6.45, 7) is 4.19. The molecule has 6 heteroatoms. The molecule has 0 amide bonds. The van der Waals surface area contributed by atoms with Gasteiger partial charge in [-0.3, -0.25) is 4.90 Å². The standard InChI is InChI=1S/C15H19FN4S/c16-13-3-1-2-12(10-13)14(11-17)19-5-7-20(8-6-19)15-18-4-9-21-15/h1-4,9-10,14H,5-8,11,17H2. The minimum Gasteiger partial charge on any atom is -0.346 e. The second kappa shape index (κ2) is 6.51. The Kier molecular flexibility index (Phi) is 4.48. The normalized spacial score (nSPS) is 17.9. The second-order valence-electron chi connectivity index (χ2n) is 5.14. The van der Waals surface area contributed by atoms with Crippen molar-refractivity contribution in [3.05, 3.63) is 47.2 Å². The summed E-state index contributed by atoms with van der Waals surface area (Å²) in [7, 11) is 0. The Bertz CT molecular complexity index is 567. The van der Waals surface area contributed by atoms with Crippen molar-refractivity contribution in [1.82, 2.24) is 9.88 Å². The number of anilines is 1. The third-order valence-electron chi connectivity index (χ3n) is 3.90. The molecule has 0 bridgehead atoms. The van der Waals surface area contributed by atoms with E-state index in [1.54, 1.807) is 23.5 Å². The number of aromatic nitrogens is 1. The summed E-state index contributed by atoms with van der Waals surface area (Å²) in [5, 5.41) is 3.07. The maximum atomic E-state index is 13.4. The Balaban J connectivity index is 1.67. The number of thiazole rings is 1. The molecule has 1 atom stereocenters. The first-order valence-corrected chi connectivity index (χ1v) is 8.00. The molecule has 1 aromatic carbocycles. The average molecular weight is 306 g/mol. The highest BCUT2D eigenvalue weighted by Gasteiger charge is 2.25. The number of nitrogens with two attached hydrogens (primary N) is 1. The highest BCUT2D eigenvalue weighted by molar-refractivity contribution is 7.13. The van der Waals surface area contributed by atoms with Crippen LogP contribution in [0.5, 0.6) is 0 Å². The van der Waals surface area contributed by atoms with Gasteiger partial charge in [0.15, 0.2) is 5.13 Å². The van der Waals surface area contributed by atoms with Crippen molar-refractivity contribution in [3.8, 4) is 0 Å². The zero-order valence-electron chi connectivity index (χ0n) is 11.8. The Labute approximate surface area is 128 Å². The molecule has 21 heavy (non-hydrogen) atoms. The van der Waals surface area contributed by atoms with E-state index in [4.69, 9.17) is 5.73 Å². The van der Waals surface area contributed by atoms with Gasteiger partial charge in [0.25, 0.3) is 0 Å². The third kappa shape index (κ3) is 3.23. The monoisotopic (exact) mass is 306 g/mol. The van der Waals surface area contributed by atoms with Gasteiger partial charge in [0.05, 0.1) is 0 Å². The van der Waals surface area contributed by atoms with Gasteiger partial charge < -0.3 is 10.6 Å². The largest absolute Gasteiger partial charge is 0.346 e. The quantitative estimate of drug-likeness (QED) is 0.939. The summed E-state index contributed by atoms with van der Waals surface area (Å²) in [4.78, 5) is 8.98. The lowest BCUT2D eigenvalue weighted by Gasteiger charge is -2.39. The molecule has 4 nitrogen and oxygen atoms in total. The Hall–Kier alpha value is -1.50. The molecule has 112 valence electrons. The summed E-state index contributed by atoms with van der Waals surface area (Å²) in [5.74, 6) is -0.202. The predicted molar refractivity (Wildman–Crippen MR) is 84.1 cm³/mol. The van der Waals surface area contributed by atoms with E-state index in [1.165, 1.54) is 6.07 Å². The molecule has 1 unspecified atom stereocenters. The van der Waals surface area contributed by atoms with Gasteiger partial charge >= 0.3 is 0 Å². The van der Waals surface area contributed by atoms with Crippen molar-refractivity contribution in [2.75, 3.05) is 37.6 Å². The van der Waals surface area contributed by atoms with Crippen LogP contribution in [0.3, 0.4) is 0 Å².